The molecule has 0 aromatic carbocycles. The van der Waals surface area contributed by atoms with E-state index in [4.69, 9.17) is 5.11 Å². The minimum atomic E-state index is -1.02. The van der Waals surface area contributed by atoms with Crippen molar-refractivity contribution in [3.8, 4) is 0 Å². The van der Waals surface area contributed by atoms with Crippen LogP contribution in [0.4, 0.5) is 0 Å². The molecule has 0 spiro atoms. The van der Waals surface area contributed by atoms with E-state index in [1.807, 2.05) is 13.8 Å². The van der Waals surface area contributed by atoms with Gasteiger partial charge in [0.2, 0.25) is 11.8 Å². The van der Waals surface area contributed by atoms with Gasteiger partial charge in [-0.2, -0.15) is 0 Å². The molecule has 0 saturated carbocycles. The summed E-state index contributed by atoms with van der Waals surface area (Å²) in [6.07, 6.45) is 0.513. The van der Waals surface area contributed by atoms with Crippen LogP contribution in [0, 0.1) is 17.8 Å². The maximum Gasteiger partial charge on any atom is 0.307 e. The molecule has 110 valence electrons. The van der Waals surface area contributed by atoms with Crippen molar-refractivity contribution in [3.63, 3.8) is 0 Å². The maximum absolute atomic E-state index is 11.9. The molecule has 6 heteroatoms. The first kappa shape index (κ1) is 17.4. The summed E-state index contributed by atoms with van der Waals surface area (Å²) in [6.45, 7) is 6.92. The lowest BCUT2D eigenvalue weighted by Gasteiger charge is -2.22. The number of hydrogen-bond acceptors (Lipinski definition) is 3. The third-order valence-electron chi connectivity index (χ3n) is 3.14. The minimum absolute atomic E-state index is 0.245. The van der Waals surface area contributed by atoms with E-state index >= 15 is 0 Å². The Morgan fingerprint density at radius 1 is 1.00 bits per heavy atom. The first-order chi connectivity index (χ1) is 8.70. The molecule has 6 nitrogen and oxygen atoms in total. The summed E-state index contributed by atoms with van der Waals surface area (Å²) in [5.74, 6) is -2.93. The van der Waals surface area contributed by atoms with E-state index < -0.39 is 29.8 Å². The predicted molar refractivity (Wildman–Crippen MR) is 71.4 cm³/mol. The zero-order valence-electron chi connectivity index (χ0n) is 12.2. The van der Waals surface area contributed by atoms with Crippen LogP contribution in [-0.4, -0.2) is 36.0 Å². The van der Waals surface area contributed by atoms with E-state index in [1.165, 1.54) is 14.0 Å². The summed E-state index contributed by atoms with van der Waals surface area (Å²) in [6, 6.07) is -0.624. The Morgan fingerprint density at radius 2 is 1.53 bits per heavy atom. The van der Waals surface area contributed by atoms with Crippen molar-refractivity contribution in [2.45, 2.75) is 40.2 Å². The van der Waals surface area contributed by atoms with Crippen LogP contribution in [0.2, 0.25) is 0 Å². The molecule has 3 N–H and O–H groups in total. The van der Waals surface area contributed by atoms with Crippen LogP contribution in [0.15, 0.2) is 0 Å². The molecule has 0 fully saturated rings. The lowest BCUT2D eigenvalue weighted by atomic mass is 9.94. The third-order valence-corrected chi connectivity index (χ3v) is 3.14. The van der Waals surface area contributed by atoms with E-state index in [1.54, 1.807) is 6.92 Å². The molecule has 0 aromatic rings. The van der Waals surface area contributed by atoms with E-state index in [9.17, 15) is 14.4 Å². The van der Waals surface area contributed by atoms with Crippen molar-refractivity contribution in [2.24, 2.45) is 17.8 Å². The Kier molecular flexibility index (Phi) is 7.11. The van der Waals surface area contributed by atoms with Gasteiger partial charge in [0.05, 0.1) is 5.92 Å². The molecule has 3 unspecified atom stereocenters. The zero-order valence-corrected chi connectivity index (χ0v) is 12.2. The van der Waals surface area contributed by atoms with Crippen molar-refractivity contribution in [2.75, 3.05) is 7.05 Å². The first-order valence-electron chi connectivity index (χ1n) is 6.45. The molecule has 0 rings (SSSR count). The predicted octanol–water partition coefficient (Wildman–Crippen LogP) is 0.620. The van der Waals surface area contributed by atoms with Crippen LogP contribution in [0.25, 0.3) is 0 Å². The van der Waals surface area contributed by atoms with Crippen LogP contribution in [0.3, 0.4) is 0 Å². The largest absolute Gasteiger partial charge is 0.481 e. The van der Waals surface area contributed by atoms with Gasteiger partial charge >= 0.3 is 5.97 Å². The van der Waals surface area contributed by atoms with Gasteiger partial charge in [0, 0.05) is 13.0 Å². The first-order valence-corrected chi connectivity index (χ1v) is 6.45. The Labute approximate surface area is 113 Å². The zero-order chi connectivity index (χ0) is 15.2. The molecular formula is C13H24N2O4. The highest BCUT2D eigenvalue weighted by Gasteiger charge is 2.29. The SMILES string of the molecule is CNC(=O)C(CC(C)C)NC(=O)C(C)C(C)C(=O)O. The number of amides is 2. The number of aliphatic carboxylic acids is 1. The van der Waals surface area contributed by atoms with Gasteiger partial charge in [-0.1, -0.05) is 27.7 Å². The summed E-state index contributed by atoms with van der Waals surface area (Å²) < 4.78 is 0. The van der Waals surface area contributed by atoms with Gasteiger partial charge in [-0.15, -0.1) is 0 Å². The molecule has 0 radical (unpaired) electrons. The van der Waals surface area contributed by atoms with Gasteiger partial charge in [-0.05, 0) is 12.3 Å². The smallest absolute Gasteiger partial charge is 0.307 e. The van der Waals surface area contributed by atoms with Crippen LogP contribution in [0.1, 0.15) is 34.1 Å². The highest BCUT2D eigenvalue weighted by atomic mass is 16.4. The van der Waals surface area contributed by atoms with Crippen LogP contribution < -0.4 is 10.6 Å². The fourth-order valence-corrected chi connectivity index (χ4v) is 1.62. The fourth-order valence-electron chi connectivity index (χ4n) is 1.62. The maximum atomic E-state index is 11.9. The molecule has 19 heavy (non-hydrogen) atoms. The number of nitrogens with one attached hydrogen (secondary N) is 2. The third kappa shape index (κ3) is 5.72. The number of likely N-dealkylation sites (N-methyl/N-ethyl adjacent to an activating group) is 1. The molecule has 0 heterocycles. The van der Waals surface area contributed by atoms with Gasteiger partial charge in [0.15, 0.2) is 0 Å². The average Bonchev–Trinajstić information content (AvgIpc) is 2.34. The summed E-state index contributed by atoms with van der Waals surface area (Å²) in [4.78, 5) is 34.5. The lowest BCUT2D eigenvalue weighted by Crippen LogP contribution is -2.49. The minimum Gasteiger partial charge on any atom is -0.481 e. The number of carbonyl (C=O) groups is 3. The quantitative estimate of drug-likeness (QED) is 0.633. The van der Waals surface area contributed by atoms with Gasteiger partial charge in [-0.25, -0.2) is 0 Å². The summed E-state index contributed by atoms with van der Waals surface area (Å²) in [5, 5.41) is 14.0. The number of rotatable bonds is 7. The number of carboxylic acids is 1. The topological polar surface area (TPSA) is 95.5 Å². The second-order valence-corrected chi connectivity index (χ2v) is 5.22. The summed E-state index contributed by atoms with van der Waals surface area (Å²) in [7, 11) is 1.51. The fraction of sp³-hybridized carbons (Fsp3) is 0.769. The molecule has 0 bridgehead atoms. The Hall–Kier alpha value is -1.59. The molecule has 2 amide bonds. The summed E-state index contributed by atoms with van der Waals surface area (Å²) in [5.41, 5.74) is 0. The molecule has 3 atom stereocenters. The van der Waals surface area contributed by atoms with Gasteiger partial charge in [0.1, 0.15) is 6.04 Å². The van der Waals surface area contributed by atoms with E-state index in [0.29, 0.717) is 6.42 Å². The monoisotopic (exact) mass is 272 g/mol. The second kappa shape index (κ2) is 7.76. The normalized spacial score (nSPS) is 15.5. The van der Waals surface area contributed by atoms with E-state index in [-0.39, 0.29) is 11.8 Å². The molecule has 0 aliphatic heterocycles. The van der Waals surface area contributed by atoms with E-state index in [0.717, 1.165) is 0 Å². The van der Waals surface area contributed by atoms with Crippen molar-refractivity contribution >= 4 is 17.8 Å². The van der Waals surface area contributed by atoms with Gasteiger partial charge in [-0.3, -0.25) is 14.4 Å². The Bertz CT molecular complexity index is 342. The molecule has 0 aromatic heterocycles. The molecule has 0 aliphatic rings. The van der Waals surface area contributed by atoms with Gasteiger partial charge in [0.25, 0.3) is 0 Å². The Morgan fingerprint density at radius 3 is 1.89 bits per heavy atom. The highest BCUT2D eigenvalue weighted by Crippen LogP contribution is 2.13. The van der Waals surface area contributed by atoms with E-state index in [2.05, 4.69) is 10.6 Å². The molecule has 0 saturated heterocycles. The van der Waals surface area contributed by atoms with Crippen molar-refractivity contribution in [3.05, 3.63) is 0 Å². The molecular weight excluding hydrogens is 248 g/mol. The number of carboxylic acid groups (broad SMARTS) is 1. The second-order valence-electron chi connectivity index (χ2n) is 5.22. The average molecular weight is 272 g/mol. The lowest BCUT2D eigenvalue weighted by molar-refractivity contribution is -0.146. The number of hydrogen-bond donors (Lipinski definition) is 3. The van der Waals surface area contributed by atoms with Crippen molar-refractivity contribution < 1.29 is 19.5 Å². The molecule has 0 aliphatic carbocycles. The summed E-state index contributed by atoms with van der Waals surface area (Å²) >= 11 is 0. The van der Waals surface area contributed by atoms with Crippen LogP contribution in [0.5, 0.6) is 0 Å². The van der Waals surface area contributed by atoms with Gasteiger partial charge < -0.3 is 15.7 Å². The highest BCUT2D eigenvalue weighted by molar-refractivity contribution is 5.90. The standard InChI is InChI=1S/C13H24N2O4/c1-7(2)6-10(12(17)14-5)15-11(16)8(3)9(4)13(18)19/h7-10H,6H2,1-5H3,(H,14,17)(H,15,16)(H,18,19). The van der Waals surface area contributed by atoms with Crippen LogP contribution in [-0.2, 0) is 14.4 Å². The Balaban J connectivity index is 4.70. The van der Waals surface area contributed by atoms with Crippen molar-refractivity contribution in [1.29, 1.82) is 0 Å². The number of carbonyl (C=O) groups excluding carboxylic acids is 2. The van der Waals surface area contributed by atoms with Crippen LogP contribution >= 0.6 is 0 Å². The van der Waals surface area contributed by atoms with Crippen molar-refractivity contribution in [1.82, 2.24) is 10.6 Å².